The van der Waals surface area contributed by atoms with E-state index in [0.29, 0.717) is 18.3 Å². The lowest BCUT2D eigenvalue weighted by atomic mass is 10.2. The number of ether oxygens (including phenoxy) is 1. The van der Waals surface area contributed by atoms with Crippen LogP contribution in [-0.2, 0) is 6.54 Å². The van der Waals surface area contributed by atoms with Crippen molar-refractivity contribution in [3.8, 4) is 5.75 Å². The second kappa shape index (κ2) is 7.52. The number of nitrogens with zero attached hydrogens (tertiary/aromatic N) is 4. The van der Waals surface area contributed by atoms with E-state index < -0.39 is 6.10 Å². The molecule has 23 heavy (non-hydrogen) atoms. The molecule has 0 radical (unpaired) electrons. The van der Waals surface area contributed by atoms with Crippen molar-refractivity contribution in [2.45, 2.75) is 31.5 Å². The number of hydrogen-bond donors (Lipinski definition) is 1. The van der Waals surface area contributed by atoms with Gasteiger partial charge in [-0.05, 0) is 43.7 Å². The first-order valence-electron chi connectivity index (χ1n) is 7.83. The van der Waals surface area contributed by atoms with Gasteiger partial charge in [0.1, 0.15) is 36.9 Å². The molecule has 0 saturated carbocycles. The molecule has 0 unspecified atom stereocenters. The molecule has 1 aromatic carbocycles. The van der Waals surface area contributed by atoms with E-state index in [2.05, 4.69) is 15.0 Å². The molecule has 2 atom stereocenters. The normalized spacial score (nSPS) is 19.8. The van der Waals surface area contributed by atoms with Crippen LogP contribution < -0.4 is 4.74 Å². The smallest absolute Gasteiger partial charge is 0.137 e. The number of hydrogen-bond acceptors (Lipinski definition) is 5. The molecule has 1 aromatic heterocycles. The average Bonchev–Trinajstić information content (AvgIpc) is 3.20. The number of β-amino-alcohol motifs (C(OH)–C–C–N with tert-alkyl or cyclic N) is 1. The zero-order valence-corrected chi connectivity index (χ0v) is 12.9. The van der Waals surface area contributed by atoms with E-state index in [1.54, 1.807) is 18.5 Å². The summed E-state index contributed by atoms with van der Waals surface area (Å²) in [5.41, 5.74) is 0. The molecular weight excluding hydrogens is 299 g/mol. The highest BCUT2D eigenvalue weighted by Crippen LogP contribution is 2.19. The van der Waals surface area contributed by atoms with E-state index in [0.717, 1.165) is 25.9 Å². The molecule has 3 rings (SSSR count). The Morgan fingerprint density at radius 3 is 2.91 bits per heavy atom. The van der Waals surface area contributed by atoms with Gasteiger partial charge in [0.25, 0.3) is 0 Å². The molecule has 1 aliphatic heterocycles. The van der Waals surface area contributed by atoms with Crippen molar-refractivity contribution in [3.05, 3.63) is 42.7 Å². The Kier molecular flexibility index (Phi) is 5.19. The SMILES string of the molecule is O[C@H](COc1ccc(F)cc1)CN1CCC[C@H]1Cn1cncn1. The summed E-state index contributed by atoms with van der Waals surface area (Å²) in [5, 5.41) is 14.3. The summed E-state index contributed by atoms with van der Waals surface area (Å²) in [6.45, 7) is 2.50. The second-order valence-electron chi connectivity index (χ2n) is 5.83. The fourth-order valence-corrected chi connectivity index (χ4v) is 2.93. The highest BCUT2D eigenvalue weighted by molar-refractivity contribution is 5.22. The van der Waals surface area contributed by atoms with Gasteiger partial charge in [0.05, 0.1) is 6.54 Å². The van der Waals surface area contributed by atoms with Gasteiger partial charge >= 0.3 is 0 Å². The lowest BCUT2D eigenvalue weighted by molar-refractivity contribution is 0.0609. The van der Waals surface area contributed by atoms with Crippen LogP contribution in [-0.4, -0.2) is 56.6 Å². The third-order valence-corrected chi connectivity index (χ3v) is 4.06. The summed E-state index contributed by atoms with van der Waals surface area (Å²) >= 11 is 0. The molecule has 1 saturated heterocycles. The summed E-state index contributed by atoms with van der Waals surface area (Å²) < 4.78 is 20.2. The second-order valence-corrected chi connectivity index (χ2v) is 5.83. The van der Waals surface area contributed by atoms with E-state index in [1.807, 2.05) is 4.68 Å². The lowest BCUT2D eigenvalue weighted by Gasteiger charge is -2.26. The van der Waals surface area contributed by atoms with Crippen LogP contribution in [0.2, 0.25) is 0 Å². The topological polar surface area (TPSA) is 63.4 Å². The summed E-state index contributed by atoms with van der Waals surface area (Å²) in [7, 11) is 0. The van der Waals surface area contributed by atoms with Gasteiger partial charge in [0.15, 0.2) is 0 Å². The van der Waals surface area contributed by atoms with E-state index in [4.69, 9.17) is 4.74 Å². The summed E-state index contributed by atoms with van der Waals surface area (Å²) in [6, 6.07) is 6.17. The van der Waals surface area contributed by atoms with Crippen LogP contribution in [0.3, 0.4) is 0 Å². The molecule has 0 bridgehead atoms. The zero-order chi connectivity index (χ0) is 16.1. The van der Waals surface area contributed by atoms with Gasteiger partial charge in [-0.15, -0.1) is 0 Å². The van der Waals surface area contributed by atoms with Crippen molar-refractivity contribution in [2.75, 3.05) is 19.7 Å². The van der Waals surface area contributed by atoms with Gasteiger partial charge in [-0.3, -0.25) is 9.58 Å². The monoisotopic (exact) mass is 320 g/mol. The van der Waals surface area contributed by atoms with E-state index in [9.17, 15) is 9.50 Å². The maximum atomic E-state index is 12.8. The molecule has 0 spiro atoms. The Hall–Kier alpha value is -1.99. The molecule has 0 amide bonds. The van der Waals surface area contributed by atoms with Crippen molar-refractivity contribution >= 4 is 0 Å². The highest BCUT2D eigenvalue weighted by Gasteiger charge is 2.26. The Morgan fingerprint density at radius 1 is 1.35 bits per heavy atom. The molecular formula is C16H21FN4O2. The quantitative estimate of drug-likeness (QED) is 0.834. The highest BCUT2D eigenvalue weighted by atomic mass is 19.1. The first-order chi connectivity index (χ1) is 11.2. The Morgan fingerprint density at radius 2 is 2.17 bits per heavy atom. The third-order valence-electron chi connectivity index (χ3n) is 4.06. The van der Waals surface area contributed by atoms with E-state index in [-0.39, 0.29) is 12.4 Å². The largest absolute Gasteiger partial charge is 0.491 e. The number of aliphatic hydroxyl groups is 1. The van der Waals surface area contributed by atoms with Gasteiger partial charge < -0.3 is 9.84 Å². The fourth-order valence-electron chi connectivity index (χ4n) is 2.93. The van der Waals surface area contributed by atoms with E-state index in [1.165, 1.54) is 18.5 Å². The molecule has 0 aliphatic carbocycles. The molecule has 1 fully saturated rings. The van der Waals surface area contributed by atoms with Crippen molar-refractivity contribution < 1.29 is 14.2 Å². The third kappa shape index (κ3) is 4.49. The average molecular weight is 320 g/mol. The number of halogens is 1. The predicted molar refractivity (Wildman–Crippen MR) is 82.5 cm³/mol. The Balaban J connectivity index is 1.46. The summed E-state index contributed by atoms with van der Waals surface area (Å²) in [6.07, 6.45) is 4.86. The molecule has 2 aromatic rings. The van der Waals surface area contributed by atoms with Crippen LogP contribution in [0.5, 0.6) is 5.75 Å². The Bertz CT molecular complexity index is 591. The van der Waals surface area contributed by atoms with Gasteiger partial charge in [0.2, 0.25) is 0 Å². The molecule has 6 nitrogen and oxygen atoms in total. The van der Waals surface area contributed by atoms with Crippen LogP contribution >= 0.6 is 0 Å². The first kappa shape index (κ1) is 15.9. The number of rotatable bonds is 7. The summed E-state index contributed by atoms with van der Waals surface area (Å²) in [5.74, 6) is 0.261. The number of aliphatic hydroxyl groups excluding tert-OH is 1. The number of likely N-dealkylation sites (tertiary alicyclic amines) is 1. The zero-order valence-electron chi connectivity index (χ0n) is 12.9. The molecule has 2 heterocycles. The van der Waals surface area contributed by atoms with Gasteiger partial charge in [-0.1, -0.05) is 0 Å². The van der Waals surface area contributed by atoms with Crippen LogP contribution in [0.4, 0.5) is 4.39 Å². The predicted octanol–water partition coefficient (Wildman–Crippen LogP) is 1.32. The van der Waals surface area contributed by atoms with Gasteiger partial charge in [0, 0.05) is 12.6 Å². The molecule has 1 aliphatic rings. The van der Waals surface area contributed by atoms with Gasteiger partial charge in [-0.25, -0.2) is 9.37 Å². The van der Waals surface area contributed by atoms with Crippen LogP contribution in [0.15, 0.2) is 36.9 Å². The van der Waals surface area contributed by atoms with Gasteiger partial charge in [-0.2, -0.15) is 5.10 Å². The minimum atomic E-state index is -0.587. The minimum Gasteiger partial charge on any atom is -0.491 e. The van der Waals surface area contributed by atoms with Crippen molar-refractivity contribution in [1.29, 1.82) is 0 Å². The van der Waals surface area contributed by atoms with Crippen molar-refractivity contribution in [2.24, 2.45) is 0 Å². The summed E-state index contributed by atoms with van der Waals surface area (Å²) in [4.78, 5) is 6.22. The molecule has 124 valence electrons. The van der Waals surface area contributed by atoms with Crippen LogP contribution in [0.25, 0.3) is 0 Å². The molecule has 1 N–H and O–H groups in total. The number of aromatic nitrogens is 3. The first-order valence-corrected chi connectivity index (χ1v) is 7.83. The van der Waals surface area contributed by atoms with Crippen molar-refractivity contribution in [1.82, 2.24) is 19.7 Å². The van der Waals surface area contributed by atoms with Crippen LogP contribution in [0, 0.1) is 5.82 Å². The maximum Gasteiger partial charge on any atom is 0.137 e. The number of benzene rings is 1. The minimum absolute atomic E-state index is 0.193. The maximum absolute atomic E-state index is 12.8. The lowest BCUT2D eigenvalue weighted by Crippen LogP contribution is -2.40. The van der Waals surface area contributed by atoms with Crippen molar-refractivity contribution in [3.63, 3.8) is 0 Å². The standard InChI is InChI=1S/C16H21FN4O2/c17-13-3-5-16(6-4-13)23-10-15(22)9-20-7-1-2-14(20)8-21-12-18-11-19-21/h3-6,11-12,14-15,22H,1-2,7-10H2/t14-,15-/m0/s1. The van der Waals surface area contributed by atoms with E-state index >= 15 is 0 Å². The fraction of sp³-hybridized carbons (Fsp3) is 0.500. The van der Waals surface area contributed by atoms with Crippen LogP contribution in [0.1, 0.15) is 12.8 Å². The molecule has 7 heteroatoms. The Labute approximate surface area is 134 Å².